The van der Waals surface area contributed by atoms with Gasteiger partial charge >= 0.3 is 5.51 Å². The summed E-state index contributed by atoms with van der Waals surface area (Å²) in [6.45, 7) is 2.70. The van der Waals surface area contributed by atoms with Gasteiger partial charge in [0.1, 0.15) is 0 Å². The Labute approximate surface area is 196 Å². The molecule has 0 saturated carbocycles. The van der Waals surface area contributed by atoms with Crippen LogP contribution in [-0.2, 0) is 15.6 Å². The maximum absolute atomic E-state index is 12.7. The lowest BCUT2D eigenvalue weighted by molar-refractivity contribution is -0.0328. The van der Waals surface area contributed by atoms with Crippen LogP contribution in [0.1, 0.15) is 35.2 Å². The number of hydrogen-bond donors (Lipinski definition) is 1. The van der Waals surface area contributed by atoms with E-state index in [1.165, 1.54) is 12.1 Å². The van der Waals surface area contributed by atoms with E-state index < -0.39 is 15.3 Å². The van der Waals surface area contributed by atoms with Gasteiger partial charge in [-0.3, -0.25) is 4.79 Å². The van der Waals surface area contributed by atoms with Crippen molar-refractivity contribution in [3.8, 4) is 0 Å². The molecule has 2 aromatic carbocycles. The lowest BCUT2D eigenvalue weighted by atomic mass is 9.94. The van der Waals surface area contributed by atoms with Gasteiger partial charge in [-0.2, -0.15) is 13.2 Å². The summed E-state index contributed by atoms with van der Waals surface area (Å²) in [7, 11) is -1.97. The molecule has 1 aliphatic heterocycles. The zero-order chi connectivity index (χ0) is 24.1. The number of thioether (sulfide) groups is 1. The minimum Gasteiger partial charge on any atom is -0.342 e. The van der Waals surface area contributed by atoms with Crippen molar-refractivity contribution in [2.75, 3.05) is 26.7 Å². The van der Waals surface area contributed by atoms with Gasteiger partial charge < -0.3 is 10.2 Å². The van der Waals surface area contributed by atoms with Gasteiger partial charge in [-0.25, -0.2) is 8.42 Å². The molecule has 0 unspecified atom stereocenters. The summed E-state index contributed by atoms with van der Waals surface area (Å²) in [5.74, 6) is 0.199. The van der Waals surface area contributed by atoms with Gasteiger partial charge in [0, 0.05) is 24.1 Å². The first-order valence-electron chi connectivity index (χ1n) is 10.7. The van der Waals surface area contributed by atoms with Crippen molar-refractivity contribution in [1.82, 2.24) is 10.2 Å². The molecule has 5 nitrogen and oxygen atoms in total. The standard InChI is InChI=1S/C23H27F3N2O3S2/c1-28(15-12-17-10-13-27-14-11-17)22(29)19-4-2-18(3-5-19)16-33(30,31)21-8-6-20(7-9-21)32-23(24,25)26/h2-9,17,27H,10-16H2,1H3. The molecular formula is C23H27F3N2O3S2. The molecule has 0 aromatic heterocycles. The van der Waals surface area contributed by atoms with Crippen LogP contribution in [0.5, 0.6) is 0 Å². The van der Waals surface area contributed by atoms with Crippen LogP contribution >= 0.6 is 11.8 Å². The molecule has 2 aromatic rings. The monoisotopic (exact) mass is 500 g/mol. The summed E-state index contributed by atoms with van der Waals surface area (Å²) in [5.41, 5.74) is -3.45. The van der Waals surface area contributed by atoms with E-state index in [1.807, 2.05) is 0 Å². The molecule has 3 rings (SSSR count). The second-order valence-electron chi connectivity index (χ2n) is 8.18. The van der Waals surface area contributed by atoms with Crippen LogP contribution in [0.25, 0.3) is 0 Å². The van der Waals surface area contributed by atoms with E-state index in [1.54, 1.807) is 36.2 Å². The first-order valence-corrected chi connectivity index (χ1v) is 13.1. The van der Waals surface area contributed by atoms with Gasteiger partial charge in [0.25, 0.3) is 5.91 Å². The summed E-state index contributed by atoms with van der Waals surface area (Å²) in [6, 6.07) is 11.1. The number of nitrogens with one attached hydrogen (secondary N) is 1. The van der Waals surface area contributed by atoms with Crippen LogP contribution in [0.3, 0.4) is 0 Å². The molecule has 1 fully saturated rings. The Morgan fingerprint density at radius 1 is 1.06 bits per heavy atom. The molecule has 180 valence electrons. The number of benzene rings is 2. The first-order chi connectivity index (χ1) is 15.5. The van der Waals surface area contributed by atoms with E-state index >= 15 is 0 Å². The zero-order valence-electron chi connectivity index (χ0n) is 18.3. The lowest BCUT2D eigenvalue weighted by Gasteiger charge is -2.25. The van der Waals surface area contributed by atoms with E-state index in [0.717, 1.165) is 44.5 Å². The van der Waals surface area contributed by atoms with Crippen LogP contribution in [0, 0.1) is 5.92 Å². The Morgan fingerprint density at radius 2 is 1.67 bits per heavy atom. The van der Waals surface area contributed by atoms with Crippen molar-refractivity contribution in [2.24, 2.45) is 5.92 Å². The van der Waals surface area contributed by atoms with Gasteiger partial charge in [0.2, 0.25) is 0 Å². The smallest absolute Gasteiger partial charge is 0.342 e. The van der Waals surface area contributed by atoms with E-state index in [2.05, 4.69) is 5.32 Å². The molecule has 0 atom stereocenters. The molecule has 1 heterocycles. The van der Waals surface area contributed by atoms with Gasteiger partial charge in [-0.05, 0) is 92.0 Å². The Bertz CT molecular complexity index is 1030. The maximum atomic E-state index is 12.7. The summed E-state index contributed by atoms with van der Waals surface area (Å²) in [4.78, 5) is 14.2. The van der Waals surface area contributed by atoms with Gasteiger partial charge in [-0.1, -0.05) is 12.1 Å². The maximum Gasteiger partial charge on any atom is 0.446 e. The third kappa shape index (κ3) is 7.75. The molecule has 0 spiro atoms. The second kappa shape index (κ2) is 10.9. The molecule has 1 amide bonds. The van der Waals surface area contributed by atoms with Crippen molar-refractivity contribution in [3.05, 3.63) is 59.7 Å². The van der Waals surface area contributed by atoms with E-state index in [9.17, 15) is 26.4 Å². The highest BCUT2D eigenvalue weighted by molar-refractivity contribution is 8.00. The number of sulfone groups is 1. The number of nitrogens with zero attached hydrogens (tertiary/aromatic N) is 1. The number of hydrogen-bond acceptors (Lipinski definition) is 5. The molecule has 33 heavy (non-hydrogen) atoms. The number of rotatable bonds is 8. The molecule has 1 aliphatic rings. The normalized spacial score (nSPS) is 15.4. The minimum absolute atomic E-state index is 0.0492. The topological polar surface area (TPSA) is 66.5 Å². The van der Waals surface area contributed by atoms with E-state index in [4.69, 9.17) is 0 Å². The molecule has 0 bridgehead atoms. The Hall–Kier alpha value is -2.04. The molecule has 0 aliphatic carbocycles. The fourth-order valence-electron chi connectivity index (χ4n) is 3.76. The minimum atomic E-state index is -4.43. The highest BCUT2D eigenvalue weighted by Crippen LogP contribution is 2.37. The predicted octanol–water partition coefficient (Wildman–Crippen LogP) is 4.73. The summed E-state index contributed by atoms with van der Waals surface area (Å²) in [5, 5.41) is 3.33. The number of carbonyl (C=O) groups is 1. The van der Waals surface area contributed by atoms with Crippen LogP contribution in [0.2, 0.25) is 0 Å². The number of carbonyl (C=O) groups excluding carboxylic acids is 1. The number of piperidine rings is 1. The SMILES string of the molecule is CN(CCC1CCNCC1)C(=O)c1ccc(CS(=O)(=O)c2ccc(SC(F)(F)F)cc2)cc1. The highest BCUT2D eigenvalue weighted by Gasteiger charge is 2.29. The predicted molar refractivity (Wildman–Crippen MR) is 123 cm³/mol. The van der Waals surface area contributed by atoms with Crippen molar-refractivity contribution in [2.45, 2.75) is 40.3 Å². The zero-order valence-corrected chi connectivity index (χ0v) is 19.9. The fourth-order valence-corrected chi connectivity index (χ4v) is 5.65. The fraction of sp³-hybridized carbons (Fsp3) is 0.435. The van der Waals surface area contributed by atoms with Crippen LogP contribution < -0.4 is 5.32 Å². The summed E-state index contributed by atoms with van der Waals surface area (Å²) in [6.07, 6.45) is 3.20. The molecule has 0 radical (unpaired) electrons. The second-order valence-corrected chi connectivity index (χ2v) is 11.3. The van der Waals surface area contributed by atoms with Gasteiger partial charge in [0.05, 0.1) is 10.6 Å². The van der Waals surface area contributed by atoms with Gasteiger partial charge in [0.15, 0.2) is 9.84 Å². The largest absolute Gasteiger partial charge is 0.446 e. The number of alkyl halides is 3. The number of amides is 1. The first kappa shape index (κ1) is 25.6. The van der Waals surface area contributed by atoms with Crippen molar-refractivity contribution < 1.29 is 26.4 Å². The molecule has 1 saturated heterocycles. The molecule has 1 N–H and O–H groups in total. The quantitative estimate of drug-likeness (QED) is 0.531. The van der Waals surface area contributed by atoms with Crippen molar-refractivity contribution in [3.63, 3.8) is 0 Å². The average Bonchev–Trinajstić information content (AvgIpc) is 2.77. The van der Waals surface area contributed by atoms with Crippen molar-refractivity contribution >= 4 is 27.5 Å². The summed E-state index contributed by atoms with van der Waals surface area (Å²) < 4.78 is 62.6. The van der Waals surface area contributed by atoms with Gasteiger partial charge in [-0.15, -0.1) is 0 Å². The Morgan fingerprint density at radius 3 is 2.24 bits per heavy atom. The Kier molecular flexibility index (Phi) is 8.47. The third-order valence-electron chi connectivity index (χ3n) is 5.65. The van der Waals surface area contributed by atoms with E-state index in [0.29, 0.717) is 23.6 Å². The van der Waals surface area contributed by atoms with Crippen molar-refractivity contribution in [1.29, 1.82) is 0 Å². The van der Waals surface area contributed by atoms with Crippen LogP contribution in [-0.4, -0.2) is 51.4 Å². The number of halogens is 3. The highest BCUT2D eigenvalue weighted by atomic mass is 32.2. The molecule has 10 heteroatoms. The van der Waals surface area contributed by atoms with Crippen LogP contribution in [0.4, 0.5) is 13.2 Å². The summed E-state index contributed by atoms with van der Waals surface area (Å²) >= 11 is -0.292. The Balaban J connectivity index is 1.58. The van der Waals surface area contributed by atoms with Crippen LogP contribution in [0.15, 0.2) is 58.3 Å². The van der Waals surface area contributed by atoms with E-state index in [-0.39, 0.29) is 33.2 Å². The third-order valence-corrected chi connectivity index (χ3v) is 8.10. The average molecular weight is 501 g/mol. The lowest BCUT2D eigenvalue weighted by Crippen LogP contribution is -2.32. The molecular weight excluding hydrogens is 473 g/mol.